The van der Waals surface area contributed by atoms with Crippen molar-refractivity contribution in [3.63, 3.8) is 0 Å². The number of benzene rings is 1. The lowest BCUT2D eigenvalue weighted by Crippen LogP contribution is -2.13. The van der Waals surface area contributed by atoms with Crippen molar-refractivity contribution < 1.29 is 9.13 Å². The van der Waals surface area contributed by atoms with Gasteiger partial charge in [0.1, 0.15) is 5.82 Å². The number of halogens is 1. The molecule has 1 fully saturated rings. The summed E-state index contributed by atoms with van der Waals surface area (Å²) in [7, 11) is 0. The lowest BCUT2D eigenvalue weighted by Gasteiger charge is -2.13. The van der Waals surface area contributed by atoms with Gasteiger partial charge >= 0.3 is 0 Å². The fraction of sp³-hybridized carbons (Fsp3) is 0.500. The third kappa shape index (κ3) is 2.68. The minimum Gasteiger partial charge on any atom is -0.396 e. The molecule has 1 aromatic rings. The molecule has 0 bridgehead atoms. The summed E-state index contributed by atoms with van der Waals surface area (Å²) in [4.78, 5) is 0. The van der Waals surface area contributed by atoms with Gasteiger partial charge in [0.05, 0.1) is 11.8 Å². The third-order valence-electron chi connectivity index (χ3n) is 2.84. The molecule has 0 aliphatic carbocycles. The maximum Gasteiger partial charge on any atom is 0.146 e. The number of anilines is 1. The van der Waals surface area contributed by atoms with Crippen LogP contribution in [0.2, 0.25) is 0 Å². The highest BCUT2D eigenvalue weighted by Gasteiger charge is 2.24. The molecule has 1 saturated heterocycles. The van der Waals surface area contributed by atoms with Crippen LogP contribution in [0.3, 0.4) is 0 Å². The zero-order valence-corrected chi connectivity index (χ0v) is 10.1. The highest BCUT2D eigenvalue weighted by molar-refractivity contribution is 7.99. The molecule has 2 unspecified atom stereocenters. The molecule has 1 aliphatic rings. The first-order chi connectivity index (χ1) is 7.66. The molecule has 2 nitrogen and oxygen atoms in total. The third-order valence-corrected chi connectivity index (χ3v) is 4.38. The van der Waals surface area contributed by atoms with Crippen molar-refractivity contribution in [2.24, 2.45) is 0 Å². The monoisotopic (exact) mass is 241 g/mol. The minimum atomic E-state index is -0.325. The van der Waals surface area contributed by atoms with Crippen molar-refractivity contribution in [3.05, 3.63) is 29.6 Å². The van der Waals surface area contributed by atoms with Crippen molar-refractivity contribution in [2.45, 2.75) is 30.5 Å². The van der Waals surface area contributed by atoms with E-state index in [0.29, 0.717) is 11.4 Å². The van der Waals surface area contributed by atoms with Gasteiger partial charge in [0.15, 0.2) is 0 Å². The van der Waals surface area contributed by atoms with E-state index in [2.05, 4.69) is 6.92 Å². The molecule has 0 saturated carbocycles. The van der Waals surface area contributed by atoms with Crippen LogP contribution in [0.4, 0.5) is 10.1 Å². The van der Waals surface area contributed by atoms with Crippen LogP contribution >= 0.6 is 11.8 Å². The first-order valence-corrected chi connectivity index (χ1v) is 6.49. The van der Waals surface area contributed by atoms with E-state index in [1.165, 1.54) is 6.07 Å². The van der Waals surface area contributed by atoms with Gasteiger partial charge in [-0.05, 0) is 31.0 Å². The van der Waals surface area contributed by atoms with Crippen LogP contribution in [-0.2, 0) is 10.5 Å². The Bertz CT molecular complexity index is 372. The highest BCUT2D eigenvalue weighted by atomic mass is 32.2. The lowest BCUT2D eigenvalue weighted by molar-refractivity contribution is 0.127. The van der Waals surface area contributed by atoms with Gasteiger partial charge in [-0.1, -0.05) is 6.07 Å². The summed E-state index contributed by atoms with van der Waals surface area (Å²) in [5.41, 5.74) is 6.62. The Kier molecular flexibility index (Phi) is 3.71. The number of thioether (sulfide) groups is 1. The van der Waals surface area contributed by atoms with Gasteiger partial charge in [-0.25, -0.2) is 4.39 Å². The smallest absolute Gasteiger partial charge is 0.146 e. The number of nitrogens with two attached hydrogens (primary N) is 1. The Balaban J connectivity index is 1.91. The molecule has 1 aromatic carbocycles. The Hall–Kier alpha value is -0.740. The molecule has 0 radical (unpaired) electrons. The Morgan fingerprint density at radius 2 is 2.38 bits per heavy atom. The van der Waals surface area contributed by atoms with E-state index < -0.39 is 0 Å². The van der Waals surface area contributed by atoms with E-state index in [9.17, 15) is 4.39 Å². The van der Waals surface area contributed by atoms with Gasteiger partial charge in [-0.3, -0.25) is 0 Å². The second kappa shape index (κ2) is 5.06. The fourth-order valence-corrected chi connectivity index (χ4v) is 2.99. The molecule has 4 heteroatoms. The van der Waals surface area contributed by atoms with Crippen LogP contribution in [0.25, 0.3) is 0 Å². The van der Waals surface area contributed by atoms with Crippen molar-refractivity contribution in [1.82, 2.24) is 0 Å². The normalized spacial score (nSPS) is 24.9. The molecule has 2 N–H and O–H groups in total. The van der Waals surface area contributed by atoms with Gasteiger partial charge < -0.3 is 10.5 Å². The van der Waals surface area contributed by atoms with Crippen LogP contribution in [-0.4, -0.2) is 18.0 Å². The van der Waals surface area contributed by atoms with Crippen LogP contribution in [0.1, 0.15) is 18.9 Å². The SMILES string of the molecule is CC1OCCC1SCc1ccc(N)c(F)c1. The summed E-state index contributed by atoms with van der Waals surface area (Å²) in [6.45, 7) is 2.93. The van der Waals surface area contributed by atoms with Gasteiger partial charge in [0.2, 0.25) is 0 Å². The zero-order chi connectivity index (χ0) is 11.5. The van der Waals surface area contributed by atoms with Crippen LogP contribution in [0.15, 0.2) is 18.2 Å². The van der Waals surface area contributed by atoms with Crippen molar-refractivity contribution in [1.29, 1.82) is 0 Å². The van der Waals surface area contributed by atoms with Crippen LogP contribution < -0.4 is 5.73 Å². The lowest BCUT2D eigenvalue weighted by atomic mass is 10.2. The molecule has 2 rings (SSSR count). The zero-order valence-electron chi connectivity index (χ0n) is 9.28. The second-order valence-corrected chi connectivity index (χ2v) is 5.30. The summed E-state index contributed by atoms with van der Waals surface area (Å²) in [5.74, 6) is 0.490. The van der Waals surface area contributed by atoms with E-state index >= 15 is 0 Å². The van der Waals surface area contributed by atoms with E-state index in [4.69, 9.17) is 10.5 Å². The minimum absolute atomic E-state index is 0.214. The molecular formula is C12H16FNOS. The molecule has 1 heterocycles. The van der Waals surface area contributed by atoms with Crippen LogP contribution in [0.5, 0.6) is 0 Å². The van der Waals surface area contributed by atoms with Crippen molar-refractivity contribution >= 4 is 17.4 Å². The number of hydrogen-bond donors (Lipinski definition) is 1. The first kappa shape index (κ1) is 11.7. The molecule has 88 valence electrons. The maximum atomic E-state index is 13.2. The molecule has 16 heavy (non-hydrogen) atoms. The molecular weight excluding hydrogens is 225 g/mol. The van der Waals surface area contributed by atoms with E-state index in [0.717, 1.165) is 24.3 Å². The summed E-state index contributed by atoms with van der Waals surface area (Å²) >= 11 is 1.83. The van der Waals surface area contributed by atoms with Crippen LogP contribution in [0, 0.1) is 5.82 Å². The molecule has 0 aromatic heterocycles. The van der Waals surface area contributed by atoms with Gasteiger partial charge in [-0.2, -0.15) is 11.8 Å². The van der Waals surface area contributed by atoms with E-state index in [1.807, 2.05) is 17.8 Å². The summed E-state index contributed by atoms with van der Waals surface area (Å²) in [6, 6.07) is 5.02. The molecule has 0 spiro atoms. The summed E-state index contributed by atoms with van der Waals surface area (Å²) in [5, 5.41) is 0.528. The van der Waals surface area contributed by atoms with Gasteiger partial charge in [-0.15, -0.1) is 0 Å². The summed E-state index contributed by atoms with van der Waals surface area (Å²) in [6.07, 6.45) is 1.40. The largest absolute Gasteiger partial charge is 0.396 e. The van der Waals surface area contributed by atoms with Crippen molar-refractivity contribution in [2.75, 3.05) is 12.3 Å². The topological polar surface area (TPSA) is 35.2 Å². The number of ether oxygens (including phenoxy) is 1. The quantitative estimate of drug-likeness (QED) is 0.826. The second-order valence-electron chi connectivity index (χ2n) is 4.07. The fourth-order valence-electron chi connectivity index (χ4n) is 1.79. The maximum absolute atomic E-state index is 13.2. The number of hydrogen-bond acceptors (Lipinski definition) is 3. The number of rotatable bonds is 3. The molecule has 2 atom stereocenters. The Morgan fingerprint density at radius 1 is 1.56 bits per heavy atom. The van der Waals surface area contributed by atoms with E-state index in [1.54, 1.807) is 6.07 Å². The van der Waals surface area contributed by atoms with Gasteiger partial charge in [0, 0.05) is 17.6 Å². The highest BCUT2D eigenvalue weighted by Crippen LogP contribution is 2.29. The predicted molar refractivity (Wildman–Crippen MR) is 65.9 cm³/mol. The predicted octanol–water partition coefficient (Wildman–Crippen LogP) is 2.82. The molecule has 0 amide bonds. The van der Waals surface area contributed by atoms with Gasteiger partial charge in [0.25, 0.3) is 0 Å². The average Bonchev–Trinajstić information content (AvgIpc) is 2.66. The summed E-state index contributed by atoms with van der Waals surface area (Å²) < 4.78 is 18.7. The Labute approximate surface area is 99.4 Å². The number of nitrogen functional groups attached to an aromatic ring is 1. The molecule has 1 aliphatic heterocycles. The first-order valence-electron chi connectivity index (χ1n) is 5.44. The van der Waals surface area contributed by atoms with E-state index in [-0.39, 0.29) is 11.5 Å². The average molecular weight is 241 g/mol. The Morgan fingerprint density at radius 3 is 3.00 bits per heavy atom. The standard InChI is InChI=1S/C12H16FNOS/c1-8-12(4-5-15-8)16-7-9-2-3-11(14)10(13)6-9/h2-3,6,8,12H,4-5,7,14H2,1H3. The van der Waals surface area contributed by atoms with Crippen molar-refractivity contribution in [3.8, 4) is 0 Å².